The Morgan fingerprint density at radius 2 is 1.63 bits per heavy atom. The number of benzene rings is 2. The zero-order chi connectivity index (χ0) is 19.8. The van der Waals surface area contributed by atoms with E-state index in [0.717, 1.165) is 22.5 Å². The van der Waals surface area contributed by atoms with Crippen molar-refractivity contribution in [2.24, 2.45) is 0 Å². The van der Waals surface area contributed by atoms with E-state index in [9.17, 15) is 13.2 Å². The molecule has 0 saturated heterocycles. The fourth-order valence-corrected chi connectivity index (χ4v) is 5.32. The van der Waals surface area contributed by atoms with Crippen LogP contribution in [0, 0.1) is 13.8 Å². The standard InChI is InChI=1S/C19H21N3O3S2/c1-11(2)27(24,25)19-22-16-6-5-14(10-17(16)26-19)20-18(23)21-15-8-12(3)7-13(4)9-15/h5-11H,1-4H3,(H2,20,21,23). The molecule has 0 aliphatic rings. The first-order valence-corrected chi connectivity index (χ1v) is 10.8. The van der Waals surface area contributed by atoms with Crippen LogP contribution in [0.4, 0.5) is 16.2 Å². The number of thiazole rings is 1. The number of amides is 2. The van der Waals surface area contributed by atoms with Gasteiger partial charge in [0.25, 0.3) is 0 Å². The highest BCUT2D eigenvalue weighted by atomic mass is 32.2. The van der Waals surface area contributed by atoms with Crippen LogP contribution in [0.1, 0.15) is 25.0 Å². The van der Waals surface area contributed by atoms with Crippen molar-refractivity contribution < 1.29 is 13.2 Å². The van der Waals surface area contributed by atoms with Gasteiger partial charge in [0.05, 0.1) is 15.5 Å². The maximum atomic E-state index is 12.3. The van der Waals surface area contributed by atoms with Crippen molar-refractivity contribution in [1.29, 1.82) is 0 Å². The van der Waals surface area contributed by atoms with Gasteiger partial charge in [-0.15, -0.1) is 11.3 Å². The second-order valence-corrected chi connectivity index (χ2v) is 10.4. The number of hydrogen-bond acceptors (Lipinski definition) is 5. The van der Waals surface area contributed by atoms with Crippen LogP contribution in [0.3, 0.4) is 0 Å². The van der Waals surface area contributed by atoms with Crippen LogP contribution in [-0.2, 0) is 9.84 Å². The van der Waals surface area contributed by atoms with Gasteiger partial charge in [0, 0.05) is 11.4 Å². The molecular weight excluding hydrogens is 382 g/mol. The van der Waals surface area contributed by atoms with Crippen LogP contribution in [0.15, 0.2) is 40.7 Å². The number of hydrogen-bond donors (Lipinski definition) is 2. The molecule has 8 heteroatoms. The van der Waals surface area contributed by atoms with E-state index in [4.69, 9.17) is 0 Å². The number of urea groups is 1. The number of nitrogens with one attached hydrogen (secondary N) is 2. The smallest absolute Gasteiger partial charge is 0.308 e. The molecule has 0 aliphatic heterocycles. The molecule has 2 amide bonds. The van der Waals surface area contributed by atoms with Gasteiger partial charge in [-0.1, -0.05) is 6.07 Å². The molecule has 0 saturated carbocycles. The topological polar surface area (TPSA) is 88.2 Å². The van der Waals surface area contributed by atoms with E-state index in [1.54, 1.807) is 32.0 Å². The minimum atomic E-state index is -3.42. The molecule has 0 fully saturated rings. The van der Waals surface area contributed by atoms with Gasteiger partial charge in [0.2, 0.25) is 14.2 Å². The molecule has 3 rings (SSSR count). The molecule has 0 atom stereocenters. The normalized spacial score (nSPS) is 11.7. The van der Waals surface area contributed by atoms with Crippen molar-refractivity contribution in [3.63, 3.8) is 0 Å². The van der Waals surface area contributed by atoms with E-state index >= 15 is 0 Å². The van der Waals surface area contributed by atoms with Gasteiger partial charge in [-0.2, -0.15) is 0 Å². The number of nitrogens with zero attached hydrogens (tertiary/aromatic N) is 1. The van der Waals surface area contributed by atoms with Gasteiger partial charge in [-0.25, -0.2) is 18.2 Å². The number of aromatic nitrogens is 1. The molecule has 6 nitrogen and oxygen atoms in total. The molecule has 142 valence electrons. The first-order valence-electron chi connectivity index (χ1n) is 8.46. The molecular formula is C19H21N3O3S2. The summed E-state index contributed by atoms with van der Waals surface area (Å²) in [5.74, 6) is 0. The number of rotatable bonds is 4. The molecule has 0 unspecified atom stereocenters. The third-order valence-corrected chi connectivity index (χ3v) is 7.55. The maximum absolute atomic E-state index is 12.3. The molecule has 0 radical (unpaired) electrons. The molecule has 1 aromatic heterocycles. The molecule has 0 bridgehead atoms. The molecule has 27 heavy (non-hydrogen) atoms. The van der Waals surface area contributed by atoms with Crippen LogP contribution >= 0.6 is 11.3 Å². The second kappa shape index (κ2) is 7.28. The van der Waals surface area contributed by atoms with Crippen molar-refractivity contribution in [2.45, 2.75) is 37.3 Å². The molecule has 3 aromatic rings. The lowest BCUT2D eigenvalue weighted by Crippen LogP contribution is -2.19. The Morgan fingerprint density at radius 3 is 2.26 bits per heavy atom. The van der Waals surface area contributed by atoms with Crippen molar-refractivity contribution in [1.82, 2.24) is 4.98 Å². The fourth-order valence-electron chi connectivity index (χ4n) is 2.64. The van der Waals surface area contributed by atoms with Gasteiger partial charge in [0.1, 0.15) is 0 Å². The van der Waals surface area contributed by atoms with Crippen LogP contribution < -0.4 is 10.6 Å². The maximum Gasteiger partial charge on any atom is 0.323 e. The zero-order valence-electron chi connectivity index (χ0n) is 15.5. The van der Waals surface area contributed by atoms with Gasteiger partial charge in [-0.05, 0) is 69.2 Å². The van der Waals surface area contributed by atoms with Crippen molar-refractivity contribution in [3.8, 4) is 0 Å². The Hall–Kier alpha value is -2.45. The largest absolute Gasteiger partial charge is 0.323 e. The second-order valence-electron chi connectivity index (χ2n) is 6.71. The number of aryl methyl sites for hydroxylation is 2. The number of carbonyl (C=O) groups is 1. The number of fused-ring (bicyclic) bond motifs is 1. The van der Waals surface area contributed by atoms with Crippen molar-refractivity contribution in [2.75, 3.05) is 10.6 Å². The lowest BCUT2D eigenvalue weighted by atomic mass is 10.1. The van der Waals surface area contributed by atoms with Crippen LogP contribution in [-0.4, -0.2) is 24.7 Å². The lowest BCUT2D eigenvalue weighted by molar-refractivity contribution is 0.262. The summed E-state index contributed by atoms with van der Waals surface area (Å²) < 4.78 is 25.4. The van der Waals surface area contributed by atoms with Gasteiger partial charge in [-0.3, -0.25) is 0 Å². The van der Waals surface area contributed by atoms with E-state index in [0.29, 0.717) is 21.6 Å². The van der Waals surface area contributed by atoms with E-state index in [1.165, 1.54) is 0 Å². The summed E-state index contributed by atoms with van der Waals surface area (Å²) in [7, 11) is -3.42. The van der Waals surface area contributed by atoms with Crippen molar-refractivity contribution >= 4 is 48.8 Å². The average Bonchev–Trinajstić information content (AvgIpc) is 2.97. The molecule has 0 aliphatic carbocycles. The first kappa shape index (κ1) is 19.3. The van der Waals surface area contributed by atoms with Crippen LogP contribution in [0.25, 0.3) is 10.2 Å². The van der Waals surface area contributed by atoms with E-state index in [1.807, 2.05) is 32.0 Å². The van der Waals surface area contributed by atoms with Gasteiger partial charge >= 0.3 is 6.03 Å². The van der Waals surface area contributed by atoms with E-state index in [2.05, 4.69) is 15.6 Å². The summed E-state index contributed by atoms with van der Waals surface area (Å²) in [6, 6.07) is 10.6. The first-order chi connectivity index (χ1) is 12.6. The summed E-state index contributed by atoms with van der Waals surface area (Å²) in [4.78, 5) is 16.5. The summed E-state index contributed by atoms with van der Waals surface area (Å²) >= 11 is 1.11. The van der Waals surface area contributed by atoms with E-state index < -0.39 is 15.1 Å². The minimum Gasteiger partial charge on any atom is -0.308 e. The molecule has 0 spiro atoms. The summed E-state index contributed by atoms with van der Waals surface area (Å²) in [5.41, 5.74) is 4.01. The Morgan fingerprint density at radius 1 is 1.00 bits per heavy atom. The molecule has 2 N–H and O–H groups in total. The average molecular weight is 404 g/mol. The van der Waals surface area contributed by atoms with Gasteiger partial charge < -0.3 is 10.6 Å². The van der Waals surface area contributed by atoms with Crippen LogP contribution in [0.2, 0.25) is 0 Å². The lowest BCUT2D eigenvalue weighted by Gasteiger charge is -2.09. The van der Waals surface area contributed by atoms with E-state index in [-0.39, 0.29) is 10.4 Å². The molecule has 1 heterocycles. The highest BCUT2D eigenvalue weighted by Gasteiger charge is 2.23. The van der Waals surface area contributed by atoms with Gasteiger partial charge in [0.15, 0.2) is 0 Å². The fraction of sp³-hybridized carbons (Fsp3) is 0.263. The predicted molar refractivity (Wildman–Crippen MR) is 110 cm³/mol. The van der Waals surface area contributed by atoms with Crippen LogP contribution in [0.5, 0.6) is 0 Å². The Bertz CT molecular complexity index is 1100. The SMILES string of the molecule is Cc1cc(C)cc(NC(=O)Nc2ccc3nc(S(=O)(=O)C(C)C)sc3c2)c1. The quantitative estimate of drug-likeness (QED) is 0.659. The Kier molecular flexibility index (Phi) is 5.21. The number of carbonyl (C=O) groups excluding carboxylic acids is 1. The Balaban J connectivity index is 1.80. The predicted octanol–water partition coefficient (Wildman–Crippen LogP) is 4.74. The monoisotopic (exact) mass is 403 g/mol. The highest BCUT2D eigenvalue weighted by molar-refractivity contribution is 7.94. The highest BCUT2D eigenvalue weighted by Crippen LogP contribution is 2.30. The summed E-state index contributed by atoms with van der Waals surface area (Å²) in [6.45, 7) is 7.20. The van der Waals surface area contributed by atoms with Crippen molar-refractivity contribution in [3.05, 3.63) is 47.5 Å². The minimum absolute atomic E-state index is 0.101. The number of sulfone groups is 1. The Labute approximate surface area is 162 Å². The third kappa shape index (κ3) is 4.28. The third-order valence-electron chi connectivity index (χ3n) is 3.97. The summed E-state index contributed by atoms with van der Waals surface area (Å²) in [5, 5.41) is 5.05. The molecule has 2 aromatic carbocycles. The summed E-state index contributed by atoms with van der Waals surface area (Å²) in [6.07, 6.45) is 0. The zero-order valence-corrected chi connectivity index (χ0v) is 17.2. The number of anilines is 2.